The average Bonchev–Trinajstić information content (AvgIpc) is 3.65. The lowest BCUT2D eigenvalue weighted by molar-refractivity contribution is -0.00390. The molecule has 7 nitrogen and oxygen atoms in total. The second-order valence-corrected chi connectivity index (χ2v) is 9.89. The molecular weight excluding hydrogens is 498 g/mol. The van der Waals surface area contributed by atoms with Crippen molar-refractivity contribution in [2.75, 3.05) is 13.2 Å². The summed E-state index contributed by atoms with van der Waals surface area (Å²) in [7, 11) is 0. The first-order valence-corrected chi connectivity index (χ1v) is 12.7. The van der Waals surface area contributed by atoms with E-state index in [0.29, 0.717) is 10.5 Å². The van der Waals surface area contributed by atoms with Crippen LogP contribution in [-0.4, -0.2) is 56.7 Å². The van der Waals surface area contributed by atoms with Crippen LogP contribution in [0.4, 0.5) is 0 Å². The van der Waals surface area contributed by atoms with Gasteiger partial charge in [0.05, 0.1) is 29.3 Å². The summed E-state index contributed by atoms with van der Waals surface area (Å²) in [5.74, 6) is 0. The molecule has 0 radical (unpaired) electrons. The van der Waals surface area contributed by atoms with Gasteiger partial charge in [0.2, 0.25) is 0 Å². The van der Waals surface area contributed by atoms with Crippen LogP contribution in [0.2, 0.25) is 5.02 Å². The van der Waals surface area contributed by atoms with Gasteiger partial charge in [0.15, 0.2) is 6.10 Å². The van der Waals surface area contributed by atoms with Crippen LogP contribution >= 0.6 is 22.9 Å². The number of halogens is 1. The van der Waals surface area contributed by atoms with Gasteiger partial charge in [-0.25, -0.2) is 4.98 Å². The number of imidazole rings is 1. The van der Waals surface area contributed by atoms with E-state index in [9.17, 15) is 10.2 Å². The van der Waals surface area contributed by atoms with Gasteiger partial charge >= 0.3 is 0 Å². The molecule has 0 spiro atoms. The number of H-pyrrole nitrogens is 1. The minimum Gasteiger partial charge on any atom is -0.456 e. The molecule has 6 rings (SSSR count). The van der Waals surface area contributed by atoms with Crippen molar-refractivity contribution in [1.82, 2.24) is 15.0 Å². The van der Waals surface area contributed by atoms with Crippen molar-refractivity contribution in [1.29, 1.82) is 0 Å². The number of ether oxygens (including phenoxy) is 2. The number of hydrogen-bond donors (Lipinski definition) is 3. The molecule has 3 N–H and O–H groups in total. The number of rotatable bonds is 6. The summed E-state index contributed by atoms with van der Waals surface area (Å²) in [6, 6.07) is 20.6. The van der Waals surface area contributed by atoms with Crippen molar-refractivity contribution in [3.8, 4) is 38.8 Å². The van der Waals surface area contributed by atoms with Gasteiger partial charge in [-0.1, -0.05) is 60.1 Å². The summed E-state index contributed by atoms with van der Waals surface area (Å²) in [6.45, 7) is -0.0910. The third kappa shape index (κ3) is 4.38. The highest BCUT2D eigenvalue weighted by Gasteiger charge is 2.37. The van der Waals surface area contributed by atoms with Crippen molar-refractivity contribution < 1.29 is 19.7 Å². The summed E-state index contributed by atoms with van der Waals surface area (Å²) in [5.41, 5.74) is 6.59. The Labute approximate surface area is 216 Å². The molecule has 0 aliphatic carbocycles. The zero-order valence-electron chi connectivity index (χ0n) is 19.0. The van der Waals surface area contributed by atoms with E-state index in [0.717, 1.165) is 38.3 Å². The standard InChI is InChI=1S/C27H22ClN3O4S/c28-20-12-22-21(30-27(31-22)35-24-14-34-23(13-32)25(24)33)11-19(20)17-5-1-15(2-6-17)16-3-7-18(8-4-16)26-29-9-10-36-26/h1-12,23-25,32-33H,13-14H2,(H,30,31). The van der Waals surface area contributed by atoms with Gasteiger partial charge in [0.25, 0.3) is 6.01 Å². The van der Waals surface area contributed by atoms with Gasteiger partial charge in [0, 0.05) is 22.7 Å². The Morgan fingerprint density at radius 3 is 2.36 bits per heavy atom. The lowest BCUT2D eigenvalue weighted by Crippen LogP contribution is -2.36. The fourth-order valence-corrected chi connectivity index (χ4v) is 5.28. The quantitative estimate of drug-likeness (QED) is 0.286. The molecule has 5 aromatic rings. The van der Waals surface area contributed by atoms with E-state index in [1.807, 2.05) is 35.8 Å². The average molecular weight is 520 g/mol. The topological polar surface area (TPSA) is 100 Å². The van der Waals surface area contributed by atoms with Crippen molar-refractivity contribution in [3.63, 3.8) is 0 Å². The highest BCUT2D eigenvalue weighted by Crippen LogP contribution is 2.34. The highest BCUT2D eigenvalue weighted by molar-refractivity contribution is 7.13. The van der Waals surface area contributed by atoms with E-state index >= 15 is 0 Å². The summed E-state index contributed by atoms with van der Waals surface area (Å²) < 4.78 is 11.1. The van der Waals surface area contributed by atoms with Gasteiger partial charge in [-0.15, -0.1) is 11.3 Å². The normalized spacial score (nSPS) is 19.7. The summed E-state index contributed by atoms with van der Waals surface area (Å²) in [5, 5.41) is 23.0. The SMILES string of the molecule is OCC1OCC(Oc2nc3cc(-c4ccc(-c5ccc(-c6nccs6)cc5)cc4)c(Cl)cc3[nH]2)C1O. The Hall–Kier alpha value is -3.27. The zero-order chi connectivity index (χ0) is 24.6. The van der Waals surface area contributed by atoms with Gasteiger partial charge in [-0.2, -0.15) is 4.98 Å². The van der Waals surface area contributed by atoms with Gasteiger partial charge in [-0.3, -0.25) is 0 Å². The van der Waals surface area contributed by atoms with Crippen LogP contribution in [0.1, 0.15) is 0 Å². The number of hydrogen-bond acceptors (Lipinski definition) is 7. The van der Waals surface area contributed by atoms with Crippen LogP contribution < -0.4 is 4.74 Å². The van der Waals surface area contributed by atoms with Crippen LogP contribution in [0.3, 0.4) is 0 Å². The van der Waals surface area contributed by atoms with Crippen molar-refractivity contribution in [3.05, 3.63) is 77.3 Å². The maximum atomic E-state index is 10.2. The second-order valence-electron chi connectivity index (χ2n) is 8.58. The summed E-state index contributed by atoms with van der Waals surface area (Å²) in [4.78, 5) is 12.0. The first kappa shape index (κ1) is 23.1. The fourth-order valence-electron chi connectivity index (χ4n) is 4.36. The van der Waals surface area contributed by atoms with E-state index in [1.54, 1.807) is 11.3 Å². The molecular formula is C27H22ClN3O4S. The molecule has 2 aromatic heterocycles. The minimum atomic E-state index is -0.926. The van der Waals surface area contributed by atoms with E-state index < -0.39 is 18.3 Å². The number of fused-ring (bicyclic) bond motifs is 1. The third-order valence-corrected chi connectivity index (χ3v) is 7.46. The maximum absolute atomic E-state index is 10.2. The maximum Gasteiger partial charge on any atom is 0.295 e. The van der Waals surface area contributed by atoms with E-state index in [-0.39, 0.29) is 19.2 Å². The predicted octanol–water partition coefficient (Wildman–Crippen LogP) is 5.17. The molecule has 1 fully saturated rings. The molecule has 0 amide bonds. The third-order valence-electron chi connectivity index (χ3n) is 6.32. The lowest BCUT2D eigenvalue weighted by Gasteiger charge is -2.15. The van der Waals surface area contributed by atoms with Gasteiger partial charge in [-0.05, 0) is 28.8 Å². The molecule has 9 heteroatoms. The van der Waals surface area contributed by atoms with Crippen LogP contribution in [0.15, 0.2) is 72.2 Å². The molecule has 3 heterocycles. The Morgan fingerprint density at radius 1 is 1.03 bits per heavy atom. The van der Waals surface area contributed by atoms with Crippen LogP contribution in [0.5, 0.6) is 6.01 Å². The smallest absolute Gasteiger partial charge is 0.295 e. The van der Waals surface area contributed by atoms with Gasteiger partial charge in [0.1, 0.15) is 17.2 Å². The van der Waals surface area contributed by atoms with Crippen molar-refractivity contribution in [2.45, 2.75) is 18.3 Å². The Balaban J connectivity index is 1.22. The predicted molar refractivity (Wildman–Crippen MR) is 140 cm³/mol. The number of benzene rings is 3. The van der Waals surface area contributed by atoms with Crippen molar-refractivity contribution in [2.24, 2.45) is 0 Å². The first-order valence-electron chi connectivity index (χ1n) is 11.5. The molecule has 0 saturated carbocycles. The van der Waals surface area contributed by atoms with E-state index in [2.05, 4.69) is 51.4 Å². The first-order chi connectivity index (χ1) is 17.6. The number of nitrogens with one attached hydrogen (secondary N) is 1. The Morgan fingerprint density at radius 2 is 1.72 bits per heavy atom. The Bertz CT molecular complexity index is 1490. The fraction of sp³-hybridized carbons (Fsp3) is 0.185. The summed E-state index contributed by atoms with van der Waals surface area (Å²) >= 11 is 8.25. The molecule has 3 atom stereocenters. The second kappa shape index (κ2) is 9.65. The molecule has 1 aliphatic rings. The molecule has 1 saturated heterocycles. The van der Waals surface area contributed by atoms with E-state index in [1.165, 1.54) is 0 Å². The van der Waals surface area contributed by atoms with Crippen LogP contribution in [0, 0.1) is 0 Å². The molecule has 0 bridgehead atoms. The van der Waals surface area contributed by atoms with Crippen LogP contribution in [-0.2, 0) is 4.74 Å². The lowest BCUT2D eigenvalue weighted by atomic mass is 9.99. The molecule has 1 aliphatic heterocycles. The monoisotopic (exact) mass is 519 g/mol. The van der Waals surface area contributed by atoms with E-state index in [4.69, 9.17) is 21.1 Å². The molecule has 182 valence electrons. The largest absolute Gasteiger partial charge is 0.456 e. The molecule has 36 heavy (non-hydrogen) atoms. The number of aliphatic hydroxyl groups excluding tert-OH is 2. The summed E-state index contributed by atoms with van der Waals surface area (Å²) in [6.07, 6.45) is -0.377. The van der Waals surface area contributed by atoms with Crippen molar-refractivity contribution >= 4 is 34.0 Å². The van der Waals surface area contributed by atoms with Crippen LogP contribution in [0.25, 0.3) is 43.9 Å². The molecule has 3 aromatic carbocycles. The molecule has 3 unspecified atom stereocenters. The number of aromatic nitrogens is 3. The van der Waals surface area contributed by atoms with Gasteiger partial charge < -0.3 is 24.7 Å². The highest BCUT2D eigenvalue weighted by atomic mass is 35.5. The minimum absolute atomic E-state index is 0.176. The zero-order valence-corrected chi connectivity index (χ0v) is 20.5. The number of aliphatic hydroxyl groups is 2. The number of thiazole rings is 1. The Kier molecular flexibility index (Phi) is 6.20. The number of nitrogens with zero attached hydrogens (tertiary/aromatic N) is 2. The number of aromatic amines is 1.